The minimum Gasteiger partial charge on any atom is -0.465 e. The predicted molar refractivity (Wildman–Crippen MR) is 114 cm³/mol. The molecule has 2 heterocycles. The first-order chi connectivity index (χ1) is 14.0. The van der Waals surface area contributed by atoms with Crippen molar-refractivity contribution in [2.75, 3.05) is 12.5 Å². The van der Waals surface area contributed by atoms with E-state index in [1.165, 1.54) is 18.4 Å². The molecule has 29 heavy (non-hydrogen) atoms. The second-order valence-electron chi connectivity index (χ2n) is 6.51. The van der Waals surface area contributed by atoms with Gasteiger partial charge in [0.25, 0.3) is 0 Å². The quantitative estimate of drug-likeness (QED) is 0.386. The van der Waals surface area contributed by atoms with Crippen LogP contribution in [0.1, 0.15) is 20.9 Å². The van der Waals surface area contributed by atoms with Crippen molar-refractivity contribution >= 4 is 33.4 Å². The van der Waals surface area contributed by atoms with Crippen LogP contribution in [0.2, 0.25) is 0 Å². The first kappa shape index (κ1) is 18.9. The third kappa shape index (κ3) is 3.90. The molecule has 0 fully saturated rings. The average molecular weight is 405 g/mol. The van der Waals surface area contributed by atoms with Crippen LogP contribution in [0.25, 0.3) is 22.3 Å². The molecule has 0 saturated heterocycles. The molecule has 146 valence electrons. The molecule has 0 aliphatic heterocycles. The van der Waals surface area contributed by atoms with Gasteiger partial charge < -0.3 is 9.15 Å². The number of hydrogen-bond donors (Lipinski definition) is 1. The van der Waals surface area contributed by atoms with Gasteiger partial charge in [0.05, 0.1) is 18.2 Å². The first-order valence-corrected chi connectivity index (χ1v) is 9.82. The lowest BCUT2D eigenvalue weighted by molar-refractivity contribution is 0.0605. The Labute approximate surface area is 171 Å². The third-order valence-electron chi connectivity index (χ3n) is 4.40. The zero-order chi connectivity index (χ0) is 20.4. The van der Waals surface area contributed by atoms with Crippen LogP contribution in [0.15, 0.2) is 64.1 Å². The number of benzene rings is 2. The highest BCUT2D eigenvalue weighted by Gasteiger charge is 2.15. The largest absolute Gasteiger partial charge is 0.465 e. The Morgan fingerprint density at radius 2 is 1.93 bits per heavy atom. The molecule has 0 spiro atoms. The number of aromatic nitrogens is 1. The van der Waals surface area contributed by atoms with Gasteiger partial charge in [0.15, 0.2) is 0 Å². The van der Waals surface area contributed by atoms with Crippen LogP contribution in [0.5, 0.6) is 0 Å². The fourth-order valence-corrected chi connectivity index (χ4v) is 3.78. The van der Waals surface area contributed by atoms with E-state index in [1.807, 2.05) is 61.5 Å². The monoisotopic (exact) mass is 405 g/mol. The molecule has 2 aromatic heterocycles. The highest BCUT2D eigenvalue weighted by molar-refractivity contribution is 7.17. The van der Waals surface area contributed by atoms with Gasteiger partial charge in [-0.1, -0.05) is 53.3 Å². The summed E-state index contributed by atoms with van der Waals surface area (Å²) in [5.41, 5.74) is 6.39. The Kier molecular flexibility index (Phi) is 5.14. The Bertz CT molecular complexity index is 1260. The van der Waals surface area contributed by atoms with Gasteiger partial charge >= 0.3 is 5.97 Å². The molecule has 7 heteroatoms. The molecular weight excluding hydrogens is 386 g/mol. The number of ether oxygens (including phenoxy) is 1. The maximum Gasteiger partial charge on any atom is 0.350 e. The van der Waals surface area contributed by atoms with Crippen molar-refractivity contribution < 1.29 is 13.9 Å². The molecule has 0 bridgehead atoms. The summed E-state index contributed by atoms with van der Waals surface area (Å²) >= 11 is 1.21. The molecule has 0 unspecified atom stereocenters. The number of rotatable bonds is 4. The predicted octanol–water partition coefficient (Wildman–Crippen LogP) is 4.89. The average Bonchev–Trinajstić information content (AvgIpc) is 3.12. The standard InChI is InChI=1S/C22H19N3O3S/c1-13-9-10-18-16(11-13)17(12-19(28-18)15-7-5-4-6-8-15)24-25-22-23-14(2)20(29-22)21(26)27-3/h4-12H,1-3H3,(H,23,25). The molecule has 1 N–H and O–H groups in total. The number of carbonyl (C=O) groups excluding carboxylic acids is 1. The lowest BCUT2D eigenvalue weighted by Gasteiger charge is -2.06. The van der Waals surface area contributed by atoms with Gasteiger partial charge in [-0.3, -0.25) is 5.43 Å². The summed E-state index contributed by atoms with van der Waals surface area (Å²) in [7, 11) is 1.35. The number of nitrogens with zero attached hydrogens (tertiary/aromatic N) is 2. The van der Waals surface area contributed by atoms with Crippen LogP contribution in [-0.2, 0) is 4.74 Å². The van der Waals surface area contributed by atoms with Crippen LogP contribution in [0.3, 0.4) is 0 Å². The Hall–Kier alpha value is -3.45. The normalized spacial score (nSPS) is 11.6. The summed E-state index contributed by atoms with van der Waals surface area (Å²) in [5.74, 6) is 0.312. The summed E-state index contributed by atoms with van der Waals surface area (Å²) in [4.78, 5) is 16.6. The number of carbonyl (C=O) groups is 1. The van der Waals surface area contributed by atoms with Crippen LogP contribution >= 0.6 is 11.3 Å². The Morgan fingerprint density at radius 1 is 1.14 bits per heavy atom. The first-order valence-electron chi connectivity index (χ1n) is 9.00. The second kappa shape index (κ2) is 7.89. The van der Waals surface area contributed by atoms with E-state index in [0.717, 1.165) is 27.5 Å². The van der Waals surface area contributed by atoms with Gasteiger partial charge in [0, 0.05) is 17.0 Å². The fourth-order valence-electron chi connectivity index (χ4n) is 2.95. The van der Waals surface area contributed by atoms with E-state index in [1.54, 1.807) is 6.92 Å². The number of methoxy groups -OCH3 is 1. The number of fused-ring (bicyclic) bond motifs is 1. The van der Waals surface area contributed by atoms with E-state index in [0.29, 0.717) is 21.5 Å². The summed E-state index contributed by atoms with van der Waals surface area (Å²) < 4.78 is 10.9. The molecule has 4 rings (SSSR count). The minimum absolute atomic E-state index is 0.404. The Balaban J connectivity index is 1.81. The smallest absolute Gasteiger partial charge is 0.350 e. The van der Waals surface area contributed by atoms with E-state index in [9.17, 15) is 4.79 Å². The van der Waals surface area contributed by atoms with Crippen molar-refractivity contribution in [2.24, 2.45) is 5.10 Å². The number of hydrogen-bond acceptors (Lipinski definition) is 7. The highest BCUT2D eigenvalue weighted by Crippen LogP contribution is 2.24. The second-order valence-corrected chi connectivity index (χ2v) is 7.51. The highest BCUT2D eigenvalue weighted by atomic mass is 32.1. The van der Waals surface area contributed by atoms with Gasteiger partial charge in [-0.05, 0) is 26.0 Å². The van der Waals surface area contributed by atoms with Gasteiger partial charge in [-0.15, -0.1) is 0 Å². The van der Waals surface area contributed by atoms with Crippen LogP contribution in [0.4, 0.5) is 5.13 Å². The Morgan fingerprint density at radius 3 is 2.69 bits per heavy atom. The maximum absolute atomic E-state index is 11.8. The van der Waals surface area contributed by atoms with Crippen LogP contribution < -0.4 is 10.8 Å². The van der Waals surface area contributed by atoms with Gasteiger partial charge in [-0.25, -0.2) is 9.78 Å². The molecule has 0 amide bonds. The summed E-state index contributed by atoms with van der Waals surface area (Å²) in [6.45, 7) is 3.79. The maximum atomic E-state index is 11.8. The number of thiazole rings is 1. The lowest BCUT2D eigenvalue weighted by Crippen LogP contribution is -2.07. The molecule has 6 nitrogen and oxygen atoms in total. The molecule has 0 saturated carbocycles. The van der Waals surface area contributed by atoms with Crippen LogP contribution in [0, 0.1) is 13.8 Å². The van der Waals surface area contributed by atoms with Gasteiger partial charge in [0.1, 0.15) is 16.2 Å². The molecule has 0 aliphatic carbocycles. The van der Waals surface area contributed by atoms with E-state index in [4.69, 9.17) is 9.15 Å². The molecule has 2 aromatic carbocycles. The SMILES string of the molecule is COC(=O)c1sc(NN=c2cc(-c3ccccc3)oc3ccc(C)cc23)nc1C. The third-order valence-corrected chi connectivity index (χ3v) is 5.44. The summed E-state index contributed by atoms with van der Waals surface area (Å²) in [6, 6.07) is 17.7. The van der Waals surface area contributed by atoms with Gasteiger partial charge in [-0.2, -0.15) is 5.10 Å². The van der Waals surface area contributed by atoms with Crippen molar-refractivity contribution in [1.82, 2.24) is 4.98 Å². The summed E-state index contributed by atoms with van der Waals surface area (Å²) in [5, 5.41) is 6.69. The topological polar surface area (TPSA) is 76.7 Å². The lowest BCUT2D eigenvalue weighted by atomic mass is 10.1. The number of nitrogens with one attached hydrogen (secondary N) is 1. The molecule has 0 aliphatic rings. The zero-order valence-corrected chi connectivity index (χ0v) is 17.0. The summed E-state index contributed by atoms with van der Waals surface area (Å²) in [6.07, 6.45) is 0. The van der Waals surface area contributed by atoms with E-state index in [2.05, 4.69) is 15.5 Å². The fraction of sp³-hybridized carbons (Fsp3) is 0.136. The molecule has 4 aromatic rings. The molecule has 0 radical (unpaired) electrons. The van der Waals surface area contributed by atoms with Crippen LogP contribution in [-0.4, -0.2) is 18.1 Å². The number of aryl methyl sites for hydroxylation is 2. The molecule has 0 atom stereocenters. The van der Waals surface area contributed by atoms with E-state index < -0.39 is 5.97 Å². The number of anilines is 1. The van der Waals surface area contributed by atoms with Crippen molar-refractivity contribution in [1.29, 1.82) is 0 Å². The molecular formula is C22H19N3O3S. The van der Waals surface area contributed by atoms with Crippen molar-refractivity contribution in [3.63, 3.8) is 0 Å². The zero-order valence-electron chi connectivity index (χ0n) is 16.2. The van der Waals surface area contributed by atoms with Crippen molar-refractivity contribution in [2.45, 2.75) is 13.8 Å². The van der Waals surface area contributed by atoms with E-state index >= 15 is 0 Å². The number of esters is 1. The van der Waals surface area contributed by atoms with Gasteiger partial charge in [0.2, 0.25) is 5.13 Å². The van der Waals surface area contributed by atoms with E-state index in [-0.39, 0.29) is 0 Å². The van der Waals surface area contributed by atoms with Crippen molar-refractivity contribution in [3.8, 4) is 11.3 Å². The van der Waals surface area contributed by atoms with Crippen molar-refractivity contribution in [3.05, 3.63) is 76.1 Å². The minimum atomic E-state index is -0.404.